The van der Waals surface area contributed by atoms with Crippen LogP contribution in [0.5, 0.6) is 0 Å². The van der Waals surface area contributed by atoms with Crippen LogP contribution in [0.2, 0.25) is 0 Å². The maximum atomic E-state index is 12.5. The predicted octanol–water partition coefficient (Wildman–Crippen LogP) is 6.90. The fourth-order valence-corrected chi connectivity index (χ4v) is 4.92. The zero-order chi connectivity index (χ0) is 24.4. The largest absolute Gasteiger partial charge is 0.481 e. The lowest BCUT2D eigenvalue weighted by Gasteiger charge is -2.14. The molecule has 1 amide bonds. The molecular weight excluding hydrogens is 460 g/mol. The highest BCUT2D eigenvalue weighted by Gasteiger charge is 2.51. The molecule has 0 unspecified atom stereocenters. The zero-order valence-electron chi connectivity index (χ0n) is 19.1. The predicted molar refractivity (Wildman–Crippen MR) is 136 cm³/mol. The number of ether oxygens (including phenoxy) is 1. The zero-order valence-corrected chi connectivity index (χ0v) is 19.9. The number of aliphatic carboxylic acids is 1. The van der Waals surface area contributed by atoms with Crippen LogP contribution in [0.1, 0.15) is 37.0 Å². The molecule has 1 aliphatic carbocycles. The van der Waals surface area contributed by atoms with Crippen LogP contribution in [-0.2, 0) is 14.9 Å². The second kappa shape index (κ2) is 9.35. The van der Waals surface area contributed by atoms with Crippen molar-refractivity contribution < 1.29 is 19.4 Å². The van der Waals surface area contributed by atoms with Gasteiger partial charge in [-0.1, -0.05) is 78.9 Å². The van der Waals surface area contributed by atoms with Crippen LogP contribution in [0, 0.1) is 0 Å². The molecular formula is C28H24N2O4S. The smallest absolute Gasteiger partial charge is 0.413 e. The summed E-state index contributed by atoms with van der Waals surface area (Å²) in [6.07, 6.45) is 0.454. The number of carboxylic acid groups (broad SMARTS) is 1. The third-order valence-corrected chi connectivity index (χ3v) is 7.29. The lowest BCUT2D eigenvalue weighted by atomic mass is 9.93. The van der Waals surface area contributed by atoms with Crippen molar-refractivity contribution in [1.82, 2.24) is 4.98 Å². The molecule has 0 spiro atoms. The van der Waals surface area contributed by atoms with Gasteiger partial charge in [0, 0.05) is 0 Å². The number of hydrogen-bond acceptors (Lipinski definition) is 5. The number of hydrogen-bond donors (Lipinski definition) is 2. The molecule has 1 fully saturated rings. The van der Waals surface area contributed by atoms with Crippen LogP contribution in [0.15, 0.2) is 84.4 Å². The van der Waals surface area contributed by atoms with Crippen molar-refractivity contribution in [3.05, 3.63) is 95.5 Å². The van der Waals surface area contributed by atoms with E-state index in [1.54, 1.807) is 5.51 Å². The van der Waals surface area contributed by atoms with Crippen LogP contribution in [0.4, 0.5) is 10.6 Å². The average molecular weight is 485 g/mol. The van der Waals surface area contributed by atoms with Crippen LogP contribution in [-0.4, -0.2) is 22.2 Å². The maximum Gasteiger partial charge on any atom is 0.413 e. The first-order valence-electron chi connectivity index (χ1n) is 11.4. The molecule has 1 aliphatic rings. The minimum atomic E-state index is -0.748. The van der Waals surface area contributed by atoms with Crippen LogP contribution >= 0.6 is 11.3 Å². The number of carboxylic acids is 1. The summed E-state index contributed by atoms with van der Waals surface area (Å²) in [4.78, 5) is 29.2. The summed E-state index contributed by atoms with van der Waals surface area (Å²) < 4.78 is 5.51. The number of nitrogens with zero attached hydrogens (tertiary/aromatic N) is 1. The Balaban J connectivity index is 1.27. The Morgan fingerprint density at radius 1 is 0.943 bits per heavy atom. The van der Waals surface area contributed by atoms with Crippen molar-refractivity contribution >= 4 is 29.2 Å². The third kappa shape index (κ3) is 4.68. The standard InChI is InChI=1S/C28H24N2O4S/c1-18(19-5-3-2-4-6-19)34-27(33)30-25-24(35-17-29-25)22-9-7-20(8-10-22)21-11-13-23(14-12-21)28(15-16-28)26(31)32/h2-14,17-18H,15-16H2,1H3,(H,30,33)(H,31,32)/t18-/m1/s1. The molecule has 2 N–H and O–H groups in total. The normalized spacial score (nSPS) is 14.7. The number of benzene rings is 3. The molecule has 4 aromatic rings. The second-order valence-corrected chi connectivity index (χ2v) is 9.51. The van der Waals surface area contributed by atoms with Crippen molar-refractivity contribution in [2.24, 2.45) is 0 Å². The monoisotopic (exact) mass is 484 g/mol. The third-order valence-electron chi connectivity index (χ3n) is 6.42. The van der Waals surface area contributed by atoms with Gasteiger partial charge in [0.1, 0.15) is 6.10 Å². The number of thiazole rings is 1. The lowest BCUT2D eigenvalue weighted by Crippen LogP contribution is -2.19. The number of carbonyl (C=O) groups excluding carboxylic acids is 1. The molecule has 1 heterocycles. The van der Waals surface area contributed by atoms with E-state index in [1.807, 2.05) is 85.8 Å². The number of nitrogens with one attached hydrogen (secondary N) is 1. The Labute approximate surface area is 207 Å². The molecule has 35 heavy (non-hydrogen) atoms. The molecule has 1 atom stereocenters. The highest BCUT2D eigenvalue weighted by atomic mass is 32.1. The van der Waals surface area contributed by atoms with Gasteiger partial charge in [0.05, 0.1) is 15.8 Å². The maximum absolute atomic E-state index is 12.5. The summed E-state index contributed by atoms with van der Waals surface area (Å²) >= 11 is 1.44. The molecule has 7 heteroatoms. The molecule has 3 aromatic carbocycles. The summed E-state index contributed by atoms with van der Waals surface area (Å²) in [5.74, 6) is -0.289. The molecule has 5 rings (SSSR count). The fraction of sp³-hybridized carbons (Fsp3) is 0.179. The van der Waals surface area contributed by atoms with Gasteiger partial charge in [0.2, 0.25) is 0 Å². The molecule has 6 nitrogen and oxygen atoms in total. The molecule has 0 radical (unpaired) electrons. The van der Waals surface area contributed by atoms with Crippen LogP contribution < -0.4 is 5.32 Å². The number of carbonyl (C=O) groups is 2. The van der Waals surface area contributed by atoms with Gasteiger partial charge in [-0.05, 0) is 47.6 Å². The van der Waals surface area contributed by atoms with Gasteiger partial charge in [-0.2, -0.15) is 0 Å². The SMILES string of the molecule is C[C@@H](OC(=O)Nc1ncsc1-c1ccc(-c2ccc(C3(C(=O)O)CC3)cc2)cc1)c1ccccc1. The highest BCUT2D eigenvalue weighted by Crippen LogP contribution is 2.48. The van der Waals surface area contributed by atoms with E-state index in [2.05, 4.69) is 10.3 Å². The van der Waals surface area contributed by atoms with Crippen molar-refractivity contribution in [3.8, 4) is 21.6 Å². The number of rotatable bonds is 7. The van der Waals surface area contributed by atoms with Crippen molar-refractivity contribution in [2.45, 2.75) is 31.3 Å². The first-order chi connectivity index (χ1) is 17.0. The van der Waals surface area contributed by atoms with Crippen LogP contribution in [0.3, 0.4) is 0 Å². The van der Waals surface area contributed by atoms with Gasteiger partial charge in [0.25, 0.3) is 0 Å². The Morgan fingerprint density at radius 2 is 1.54 bits per heavy atom. The van der Waals surface area contributed by atoms with Gasteiger partial charge in [-0.25, -0.2) is 9.78 Å². The van der Waals surface area contributed by atoms with Crippen molar-refractivity contribution in [2.75, 3.05) is 5.32 Å². The molecule has 1 saturated carbocycles. The second-order valence-electron chi connectivity index (χ2n) is 8.66. The topological polar surface area (TPSA) is 88.5 Å². The minimum absolute atomic E-state index is 0.380. The average Bonchev–Trinajstić information content (AvgIpc) is 3.58. The van der Waals surface area contributed by atoms with E-state index in [0.29, 0.717) is 18.7 Å². The molecule has 0 bridgehead atoms. The Morgan fingerprint density at radius 3 is 2.14 bits per heavy atom. The van der Waals surface area contributed by atoms with E-state index in [-0.39, 0.29) is 6.10 Å². The Bertz CT molecular complexity index is 1340. The van der Waals surface area contributed by atoms with Crippen molar-refractivity contribution in [1.29, 1.82) is 0 Å². The van der Waals surface area contributed by atoms with Gasteiger partial charge < -0.3 is 9.84 Å². The molecule has 0 saturated heterocycles. The van der Waals surface area contributed by atoms with E-state index in [9.17, 15) is 14.7 Å². The van der Waals surface area contributed by atoms with Crippen molar-refractivity contribution in [3.63, 3.8) is 0 Å². The number of aromatic nitrogens is 1. The fourth-order valence-electron chi connectivity index (χ4n) is 4.17. The quantitative estimate of drug-likeness (QED) is 0.298. The Kier molecular flexibility index (Phi) is 6.09. The first kappa shape index (κ1) is 22.8. The molecule has 0 aliphatic heterocycles. The van der Waals surface area contributed by atoms with Gasteiger partial charge in [0.15, 0.2) is 5.82 Å². The van der Waals surface area contributed by atoms with E-state index in [0.717, 1.165) is 32.7 Å². The minimum Gasteiger partial charge on any atom is -0.481 e. The van der Waals surface area contributed by atoms with Gasteiger partial charge in [-0.3, -0.25) is 10.1 Å². The lowest BCUT2D eigenvalue weighted by molar-refractivity contribution is -0.140. The van der Waals surface area contributed by atoms with E-state index in [1.165, 1.54) is 11.3 Å². The van der Waals surface area contributed by atoms with Crippen LogP contribution in [0.25, 0.3) is 21.6 Å². The summed E-state index contributed by atoms with van der Waals surface area (Å²) in [5.41, 5.74) is 5.74. The number of amides is 1. The summed E-state index contributed by atoms with van der Waals surface area (Å²) in [5, 5.41) is 12.3. The summed E-state index contributed by atoms with van der Waals surface area (Å²) in [6, 6.07) is 25.3. The summed E-state index contributed by atoms with van der Waals surface area (Å²) in [6.45, 7) is 1.83. The Hall–Kier alpha value is -3.97. The van der Waals surface area contributed by atoms with Gasteiger partial charge in [-0.15, -0.1) is 11.3 Å². The number of anilines is 1. The molecule has 176 valence electrons. The van der Waals surface area contributed by atoms with E-state index in [4.69, 9.17) is 4.74 Å². The molecule has 1 aromatic heterocycles. The van der Waals surface area contributed by atoms with E-state index < -0.39 is 17.5 Å². The summed E-state index contributed by atoms with van der Waals surface area (Å²) in [7, 11) is 0. The highest BCUT2D eigenvalue weighted by molar-refractivity contribution is 7.13. The first-order valence-corrected chi connectivity index (χ1v) is 12.2. The van der Waals surface area contributed by atoms with E-state index >= 15 is 0 Å². The van der Waals surface area contributed by atoms with Gasteiger partial charge >= 0.3 is 12.1 Å².